The molecule has 4 nitrogen and oxygen atoms in total. The number of likely N-dealkylation sites (N-methyl/N-ethyl adjacent to an activating group) is 1. The van der Waals surface area contributed by atoms with Crippen molar-refractivity contribution in [2.24, 2.45) is 0 Å². The molecule has 1 aromatic heterocycles. The Morgan fingerprint density at radius 2 is 2.28 bits per heavy atom. The summed E-state index contributed by atoms with van der Waals surface area (Å²) in [6.07, 6.45) is 6.47. The second-order valence-corrected chi connectivity index (χ2v) is 5.15. The fraction of sp³-hybridized carbons (Fsp3) is 0.714. The monoisotopic (exact) mass is 252 g/mol. The van der Waals surface area contributed by atoms with Crippen molar-refractivity contribution in [1.29, 1.82) is 0 Å². The van der Waals surface area contributed by atoms with Crippen LogP contribution in [0, 0.1) is 0 Å². The van der Waals surface area contributed by atoms with Gasteiger partial charge in [0.25, 0.3) is 0 Å². The maximum absolute atomic E-state index is 9.82. The topological polar surface area (TPSA) is 48.6 Å². The van der Waals surface area contributed by atoms with Gasteiger partial charge in [0.2, 0.25) is 0 Å². The van der Waals surface area contributed by atoms with Gasteiger partial charge >= 0.3 is 0 Å². The molecule has 1 atom stereocenters. The molecule has 2 N–H and O–H groups in total. The Kier molecular flexibility index (Phi) is 5.23. The van der Waals surface area contributed by atoms with E-state index in [0.717, 1.165) is 19.1 Å². The van der Waals surface area contributed by atoms with Crippen molar-refractivity contribution in [1.82, 2.24) is 10.2 Å². The number of rotatable bonds is 7. The standard InChI is InChI=1S/C14H24N2O2/c1-16(12-5-2-3-6-12)9-8-15-11-13(17)14-7-4-10-18-14/h4,7,10,12-13,15,17H,2-3,5-6,8-9,11H2,1H3. The van der Waals surface area contributed by atoms with Crippen LogP contribution < -0.4 is 5.32 Å². The fourth-order valence-electron chi connectivity index (χ4n) is 2.60. The quantitative estimate of drug-likeness (QED) is 0.726. The minimum Gasteiger partial charge on any atom is -0.467 e. The van der Waals surface area contributed by atoms with Gasteiger partial charge in [0.1, 0.15) is 11.9 Å². The average Bonchev–Trinajstić information content (AvgIpc) is 3.05. The first kappa shape index (κ1) is 13.6. The minimum atomic E-state index is -0.545. The maximum Gasteiger partial charge on any atom is 0.133 e. The first-order valence-corrected chi connectivity index (χ1v) is 6.90. The average molecular weight is 252 g/mol. The Labute approximate surface area is 109 Å². The van der Waals surface area contributed by atoms with Gasteiger partial charge in [0, 0.05) is 25.7 Å². The molecule has 0 bridgehead atoms. The molecular formula is C14H24N2O2. The fourth-order valence-corrected chi connectivity index (χ4v) is 2.60. The summed E-state index contributed by atoms with van der Waals surface area (Å²) < 4.78 is 5.15. The second-order valence-electron chi connectivity index (χ2n) is 5.15. The number of nitrogens with one attached hydrogen (secondary N) is 1. The molecule has 0 aromatic carbocycles. The molecule has 18 heavy (non-hydrogen) atoms. The molecule has 0 spiro atoms. The predicted octanol–water partition coefficient (Wildman–Crippen LogP) is 1.78. The Morgan fingerprint density at radius 1 is 1.50 bits per heavy atom. The van der Waals surface area contributed by atoms with Crippen LogP contribution in [-0.2, 0) is 0 Å². The van der Waals surface area contributed by atoms with E-state index in [-0.39, 0.29) is 0 Å². The summed E-state index contributed by atoms with van der Waals surface area (Å²) in [6.45, 7) is 2.49. The Balaban J connectivity index is 1.58. The lowest BCUT2D eigenvalue weighted by molar-refractivity contribution is 0.145. The van der Waals surface area contributed by atoms with E-state index in [1.165, 1.54) is 25.7 Å². The molecule has 1 saturated carbocycles. The summed E-state index contributed by atoms with van der Waals surface area (Å²) in [5.74, 6) is 0.631. The normalized spacial score (nSPS) is 18.6. The van der Waals surface area contributed by atoms with Gasteiger partial charge in [-0.15, -0.1) is 0 Å². The summed E-state index contributed by atoms with van der Waals surface area (Å²) in [6, 6.07) is 4.37. The van der Waals surface area contributed by atoms with Gasteiger partial charge in [-0.05, 0) is 32.0 Å². The molecular weight excluding hydrogens is 228 g/mol. The molecule has 0 aliphatic heterocycles. The molecule has 102 valence electrons. The van der Waals surface area contributed by atoms with Crippen LogP contribution in [-0.4, -0.2) is 42.7 Å². The highest BCUT2D eigenvalue weighted by molar-refractivity contribution is 5.02. The van der Waals surface area contributed by atoms with Gasteiger partial charge in [-0.3, -0.25) is 0 Å². The lowest BCUT2D eigenvalue weighted by Gasteiger charge is -2.24. The van der Waals surface area contributed by atoms with E-state index in [1.807, 2.05) is 0 Å². The Bertz CT molecular complexity index is 321. The molecule has 1 aliphatic rings. The zero-order valence-electron chi connectivity index (χ0n) is 11.1. The Hall–Kier alpha value is -0.840. The van der Waals surface area contributed by atoms with Crippen molar-refractivity contribution in [2.45, 2.75) is 37.8 Å². The van der Waals surface area contributed by atoms with Gasteiger partial charge < -0.3 is 19.7 Å². The van der Waals surface area contributed by atoms with Crippen LogP contribution in [0.2, 0.25) is 0 Å². The van der Waals surface area contributed by atoms with Crippen molar-refractivity contribution in [3.8, 4) is 0 Å². The van der Waals surface area contributed by atoms with E-state index >= 15 is 0 Å². The van der Waals surface area contributed by atoms with E-state index < -0.39 is 6.10 Å². The van der Waals surface area contributed by atoms with E-state index in [2.05, 4.69) is 17.3 Å². The van der Waals surface area contributed by atoms with Gasteiger partial charge in [-0.25, -0.2) is 0 Å². The molecule has 2 rings (SSSR count). The van der Waals surface area contributed by atoms with Gasteiger partial charge in [0.15, 0.2) is 0 Å². The van der Waals surface area contributed by atoms with Gasteiger partial charge in [-0.2, -0.15) is 0 Å². The zero-order chi connectivity index (χ0) is 12.8. The van der Waals surface area contributed by atoms with Crippen molar-refractivity contribution in [3.63, 3.8) is 0 Å². The number of furan rings is 1. The third-order valence-electron chi connectivity index (χ3n) is 3.80. The first-order valence-electron chi connectivity index (χ1n) is 6.90. The van der Waals surface area contributed by atoms with Crippen LogP contribution in [0.4, 0.5) is 0 Å². The van der Waals surface area contributed by atoms with Gasteiger partial charge in [-0.1, -0.05) is 12.8 Å². The number of aliphatic hydroxyl groups excluding tert-OH is 1. The summed E-state index contributed by atoms with van der Waals surface area (Å²) >= 11 is 0. The number of hydrogen-bond donors (Lipinski definition) is 2. The van der Waals surface area contributed by atoms with Crippen LogP contribution in [0.15, 0.2) is 22.8 Å². The third kappa shape index (κ3) is 3.83. The van der Waals surface area contributed by atoms with Crippen molar-refractivity contribution >= 4 is 0 Å². The number of aliphatic hydroxyl groups is 1. The minimum absolute atomic E-state index is 0.545. The lowest BCUT2D eigenvalue weighted by Crippen LogP contribution is -2.36. The smallest absolute Gasteiger partial charge is 0.133 e. The number of nitrogens with zero attached hydrogens (tertiary/aromatic N) is 1. The second kappa shape index (κ2) is 6.92. The number of hydrogen-bond acceptors (Lipinski definition) is 4. The van der Waals surface area contributed by atoms with Gasteiger partial charge in [0.05, 0.1) is 6.26 Å². The summed E-state index contributed by atoms with van der Waals surface area (Å²) in [7, 11) is 2.20. The summed E-state index contributed by atoms with van der Waals surface area (Å²) in [5, 5.41) is 13.1. The zero-order valence-corrected chi connectivity index (χ0v) is 11.1. The molecule has 1 aromatic rings. The lowest BCUT2D eigenvalue weighted by atomic mass is 10.2. The maximum atomic E-state index is 9.82. The molecule has 4 heteroatoms. The van der Waals surface area contributed by atoms with E-state index in [1.54, 1.807) is 18.4 Å². The van der Waals surface area contributed by atoms with E-state index in [0.29, 0.717) is 12.3 Å². The highest BCUT2D eigenvalue weighted by atomic mass is 16.4. The highest BCUT2D eigenvalue weighted by Gasteiger charge is 2.18. The highest BCUT2D eigenvalue weighted by Crippen LogP contribution is 2.21. The van der Waals surface area contributed by atoms with E-state index in [9.17, 15) is 5.11 Å². The third-order valence-corrected chi connectivity index (χ3v) is 3.80. The van der Waals surface area contributed by atoms with Crippen molar-refractivity contribution < 1.29 is 9.52 Å². The first-order chi connectivity index (χ1) is 8.77. The molecule has 1 unspecified atom stereocenters. The molecule has 0 radical (unpaired) electrons. The van der Waals surface area contributed by atoms with Crippen LogP contribution in [0.3, 0.4) is 0 Å². The van der Waals surface area contributed by atoms with Crippen LogP contribution in [0.1, 0.15) is 37.5 Å². The SMILES string of the molecule is CN(CCNCC(O)c1ccco1)C1CCCC1. The van der Waals surface area contributed by atoms with Crippen LogP contribution in [0.25, 0.3) is 0 Å². The molecule has 1 heterocycles. The van der Waals surface area contributed by atoms with Crippen molar-refractivity contribution in [3.05, 3.63) is 24.2 Å². The predicted molar refractivity (Wildman–Crippen MR) is 71.4 cm³/mol. The summed E-state index contributed by atoms with van der Waals surface area (Å²) in [5.41, 5.74) is 0. The molecule has 0 saturated heterocycles. The van der Waals surface area contributed by atoms with Crippen molar-refractivity contribution in [2.75, 3.05) is 26.7 Å². The van der Waals surface area contributed by atoms with Crippen LogP contribution >= 0.6 is 0 Å². The molecule has 1 aliphatic carbocycles. The molecule has 1 fully saturated rings. The molecule has 0 amide bonds. The largest absolute Gasteiger partial charge is 0.467 e. The van der Waals surface area contributed by atoms with E-state index in [4.69, 9.17) is 4.42 Å². The van der Waals surface area contributed by atoms with Crippen LogP contribution in [0.5, 0.6) is 0 Å². The summed E-state index contributed by atoms with van der Waals surface area (Å²) in [4.78, 5) is 2.43. The Morgan fingerprint density at radius 3 is 2.94 bits per heavy atom.